The van der Waals surface area contributed by atoms with Crippen molar-refractivity contribution >= 4 is 33.1 Å². The van der Waals surface area contributed by atoms with Crippen molar-refractivity contribution in [1.82, 2.24) is 4.31 Å². The normalized spacial score (nSPS) is 16.2. The number of aliphatic hydroxyl groups is 1. The van der Waals surface area contributed by atoms with Crippen LogP contribution in [0.5, 0.6) is 0 Å². The summed E-state index contributed by atoms with van der Waals surface area (Å²) >= 11 is 1.11. The SMILES string of the molecule is COC(=O)C1=C(O)c2sc(-c3ccccc3)cc2S(=O)(=O)N1C. The number of thiophene rings is 1. The Balaban J connectivity index is 2.26. The van der Waals surface area contributed by atoms with E-state index in [1.54, 1.807) is 0 Å². The molecule has 0 saturated heterocycles. The highest BCUT2D eigenvalue weighted by Crippen LogP contribution is 2.43. The standard InChI is InChI=1S/C15H13NO5S2/c1-16-12(15(18)21-2)13(17)14-11(23(16,19)20)8-10(22-14)9-6-4-3-5-7-9/h3-8,17H,1-2H3. The van der Waals surface area contributed by atoms with Crippen molar-refractivity contribution in [1.29, 1.82) is 0 Å². The lowest BCUT2D eigenvalue weighted by Crippen LogP contribution is -2.34. The van der Waals surface area contributed by atoms with Crippen LogP contribution in [0.3, 0.4) is 0 Å². The predicted molar refractivity (Wildman–Crippen MR) is 86.3 cm³/mol. The third-order valence-corrected chi connectivity index (χ3v) is 6.63. The third kappa shape index (κ3) is 2.30. The van der Waals surface area contributed by atoms with E-state index in [2.05, 4.69) is 4.74 Å². The molecule has 23 heavy (non-hydrogen) atoms. The fourth-order valence-electron chi connectivity index (χ4n) is 2.32. The molecule has 0 atom stereocenters. The van der Waals surface area contributed by atoms with Gasteiger partial charge in [-0.05, 0) is 11.6 Å². The van der Waals surface area contributed by atoms with Gasteiger partial charge in [0, 0.05) is 11.9 Å². The first-order chi connectivity index (χ1) is 10.9. The van der Waals surface area contributed by atoms with Crippen molar-refractivity contribution in [3.05, 3.63) is 47.0 Å². The van der Waals surface area contributed by atoms with Crippen LogP contribution in [0, 0.1) is 0 Å². The third-order valence-electron chi connectivity index (χ3n) is 3.53. The molecular weight excluding hydrogens is 338 g/mol. The average Bonchev–Trinajstić information content (AvgIpc) is 3.01. The number of ether oxygens (including phenoxy) is 1. The highest BCUT2D eigenvalue weighted by molar-refractivity contribution is 7.89. The van der Waals surface area contributed by atoms with Gasteiger partial charge in [-0.2, -0.15) is 0 Å². The van der Waals surface area contributed by atoms with Gasteiger partial charge in [0.25, 0.3) is 10.0 Å². The van der Waals surface area contributed by atoms with E-state index in [0.29, 0.717) is 4.88 Å². The summed E-state index contributed by atoms with van der Waals surface area (Å²) < 4.78 is 30.5. The molecule has 0 unspecified atom stereocenters. The number of carbonyl (C=O) groups excluding carboxylic acids is 1. The Morgan fingerprint density at radius 1 is 1.26 bits per heavy atom. The highest BCUT2D eigenvalue weighted by Gasteiger charge is 2.40. The first-order valence-corrected chi connectivity index (χ1v) is 8.83. The smallest absolute Gasteiger partial charge is 0.359 e. The Kier molecular flexibility index (Phi) is 3.65. The van der Waals surface area contributed by atoms with E-state index in [-0.39, 0.29) is 15.5 Å². The Morgan fingerprint density at radius 3 is 2.52 bits per heavy atom. The van der Waals surface area contributed by atoms with Crippen molar-refractivity contribution in [2.24, 2.45) is 0 Å². The Labute approximate surface area is 137 Å². The summed E-state index contributed by atoms with van der Waals surface area (Å²) in [7, 11) is -1.58. The summed E-state index contributed by atoms with van der Waals surface area (Å²) in [6.45, 7) is 0. The molecule has 1 aromatic heterocycles. The molecule has 2 heterocycles. The molecule has 1 aliphatic heterocycles. The Bertz CT molecular complexity index is 913. The molecule has 0 amide bonds. The number of nitrogens with zero attached hydrogens (tertiary/aromatic N) is 1. The molecule has 6 nitrogen and oxygen atoms in total. The number of sulfonamides is 1. The molecule has 0 radical (unpaired) electrons. The van der Waals surface area contributed by atoms with Crippen LogP contribution in [0.15, 0.2) is 47.0 Å². The van der Waals surface area contributed by atoms with Gasteiger partial charge in [-0.3, -0.25) is 4.31 Å². The lowest BCUT2D eigenvalue weighted by molar-refractivity contribution is -0.137. The molecule has 0 fully saturated rings. The van der Waals surface area contributed by atoms with Crippen LogP contribution >= 0.6 is 11.3 Å². The lowest BCUT2D eigenvalue weighted by atomic mass is 10.2. The van der Waals surface area contributed by atoms with E-state index >= 15 is 0 Å². The van der Waals surface area contributed by atoms with Crippen LogP contribution in [-0.2, 0) is 19.6 Å². The molecule has 1 aromatic carbocycles. The van der Waals surface area contributed by atoms with Gasteiger partial charge in [-0.15, -0.1) is 11.3 Å². The van der Waals surface area contributed by atoms with Crippen molar-refractivity contribution in [3.8, 4) is 10.4 Å². The van der Waals surface area contributed by atoms with Crippen molar-refractivity contribution in [2.45, 2.75) is 4.90 Å². The fraction of sp³-hybridized carbons (Fsp3) is 0.133. The quantitative estimate of drug-likeness (QED) is 0.840. The second-order valence-corrected chi connectivity index (χ2v) is 7.82. The van der Waals surface area contributed by atoms with Gasteiger partial charge in [0.15, 0.2) is 11.5 Å². The van der Waals surface area contributed by atoms with Gasteiger partial charge < -0.3 is 9.84 Å². The molecule has 0 spiro atoms. The van der Waals surface area contributed by atoms with E-state index in [0.717, 1.165) is 28.3 Å². The maximum atomic E-state index is 12.6. The number of likely N-dealkylation sites (N-methyl/N-ethyl adjacent to an activating group) is 1. The van der Waals surface area contributed by atoms with Crippen molar-refractivity contribution in [3.63, 3.8) is 0 Å². The number of esters is 1. The predicted octanol–water partition coefficient (Wildman–Crippen LogP) is 2.45. The van der Waals surface area contributed by atoms with Crippen LogP contribution in [0.2, 0.25) is 0 Å². The summed E-state index contributed by atoms with van der Waals surface area (Å²) in [6, 6.07) is 10.7. The zero-order valence-corrected chi connectivity index (χ0v) is 13.9. The second kappa shape index (κ2) is 5.39. The van der Waals surface area contributed by atoms with Crippen LogP contribution in [0.25, 0.3) is 16.2 Å². The Hall–Kier alpha value is -2.32. The number of hydrogen-bond donors (Lipinski definition) is 1. The van der Waals surface area contributed by atoms with Gasteiger partial charge in [0.2, 0.25) is 0 Å². The van der Waals surface area contributed by atoms with Gasteiger partial charge in [-0.25, -0.2) is 13.2 Å². The number of aliphatic hydroxyl groups excluding tert-OH is 1. The first kappa shape index (κ1) is 15.6. The molecule has 1 aliphatic rings. The highest BCUT2D eigenvalue weighted by atomic mass is 32.2. The molecule has 3 rings (SSSR count). The second-order valence-electron chi connectivity index (χ2n) is 4.83. The van der Waals surface area contributed by atoms with Crippen LogP contribution < -0.4 is 0 Å². The van der Waals surface area contributed by atoms with Gasteiger partial charge in [0.05, 0.1) is 12.0 Å². The summed E-state index contributed by atoms with van der Waals surface area (Å²) in [5, 5.41) is 10.4. The van der Waals surface area contributed by atoms with E-state index in [1.807, 2.05) is 30.3 Å². The molecule has 0 bridgehead atoms. The van der Waals surface area contributed by atoms with Crippen LogP contribution in [0.1, 0.15) is 4.88 Å². The number of benzene rings is 1. The van der Waals surface area contributed by atoms with Gasteiger partial charge >= 0.3 is 5.97 Å². The van der Waals surface area contributed by atoms with Gasteiger partial charge in [-0.1, -0.05) is 30.3 Å². The maximum absolute atomic E-state index is 12.6. The fourth-order valence-corrected chi connectivity index (χ4v) is 5.14. The molecule has 120 valence electrons. The minimum atomic E-state index is -3.92. The summed E-state index contributed by atoms with van der Waals surface area (Å²) in [5.41, 5.74) is 0.443. The molecule has 0 saturated carbocycles. The number of carbonyl (C=O) groups is 1. The van der Waals surface area contributed by atoms with E-state index < -0.39 is 21.8 Å². The first-order valence-electron chi connectivity index (χ1n) is 6.58. The zero-order valence-electron chi connectivity index (χ0n) is 12.3. The zero-order chi connectivity index (χ0) is 16.8. The van der Waals surface area contributed by atoms with Crippen LogP contribution in [0.4, 0.5) is 0 Å². The van der Waals surface area contributed by atoms with Crippen LogP contribution in [-0.4, -0.2) is 38.0 Å². The summed E-state index contributed by atoms with van der Waals surface area (Å²) in [6.07, 6.45) is 0. The number of fused-ring (bicyclic) bond motifs is 1. The van der Waals surface area contributed by atoms with Crippen molar-refractivity contribution < 1.29 is 23.1 Å². The summed E-state index contributed by atoms with van der Waals surface area (Å²) in [4.78, 5) is 12.6. The molecule has 8 heteroatoms. The molecule has 0 aliphatic carbocycles. The molecular formula is C15H13NO5S2. The maximum Gasteiger partial charge on any atom is 0.359 e. The van der Waals surface area contributed by atoms with Gasteiger partial charge in [0.1, 0.15) is 4.90 Å². The molecule has 1 N–H and O–H groups in total. The minimum Gasteiger partial charge on any atom is -0.504 e. The monoisotopic (exact) mass is 351 g/mol. The largest absolute Gasteiger partial charge is 0.504 e. The number of rotatable bonds is 2. The van der Waals surface area contributed by atoms with E-state index in [9.17, 15) is 18.3 Å². The Morgan fingerprint density at radius 2 is 1.91 bits per heavy atom. The average molecular weight is 351 g/mol. The van der Waals surface area contributed by atoms with E-state index in [1.165, 1.54) is 13.1 Å². The van der Waals surface area contributed by atoms with Crippen molar-refractivity contribution in [2.75, 3.05) is 14.2 Å². The molecule has 2 aromatic rings. The topological polar surface area (TPSA) is 83.9 Å². The number of methoxy groups -OCH3 is 1. The minimum absolute atomic E-state index is 0.0194. The summed E-state index contributed by atoms with van der Waals surface area (Å²) in [5.74, 6) is -1.30. The number of hydrogen-bond acceptors (Lipinski definition) is 6. The lowest BCUT2D eigenvalue weighted by Gasteiger charge is -2.25. The van der Waals surface area contributed by atoms with E-state index in [4.69, 9.17) is 0 Å².